The maximum absolute atomic E-state index is 12.2. The number of rotatable bonds is 5. The average molecular weight is 420 g/mol. The number of nitrogens with one attached hydrogen (secondary N) is 2. The number of anilines is 1. The molecule has 152 valence electrons. The van der Waals surface area contributed by atoms with E-state index in [1.807, 2.05) is 75.4 Å². The van der Waals surface area contributed by atoms with Crippen LogP contribution < -0.4 is 10.1 Å². The third-order valence-corrected chi connectivity index (χ3v) is 5.30. The van der Waals surface area contributed by atoms with Crippen molar-refractivity contribution in [3.8, 4) is 17.1 Å². The van der Waals surface area contributed by atoms with E-state index in [2.05, 4.69) is 15.3 Å². The van der Waals surface area contributed by atoms with Crippen molar-refractivity contribution in [3.63, 3.8) is 0 Å². The molecule has 4 rings (SSSR count). The lowest BCUT2D eigenvalue weighted by atomic mass is 10.1. The van der Waals surface area contributed by atoms with Gasteiger partial charge >= 0.3 is 0 Å². The van der Waals surface area contributed by atoms with Gasteiger partial charge in [-0.3, -0.25) is 4.79 Å². The van der Waals surface area contributed by atoms with Gasteiger partial charge in [-0.25, -0.2) is 4.98 Å². The van der Waals surface area contributed by atoms with Crippen molar-refractivity contribution < 1.29 is 9.53 Å². The van der Waals surface area contributed by atoms with Crippen LogP contribution >= 0.6 is 11.6 Å². The van der Waals surface area contributed by atoms with Crippen LogP contribution in [-0.4, -0.2) is 22.5 Å². The van der Waals surface area contributed by atoms with E-state index in [-0.39, 0.29) is 12.5 Å². The summed E-state index contributed by atoms with van der Waals surface area (Å²) in [6, 6.07) is 17.2. The van der Waals surface area contributed by atoms with Crippen molar-refractivity contribution in [2.45, 2.75) is 20.8 Å². The molecule has 3 aromatic carbocycles. The molecule has 30 heavy (non-hydrogen) atoms. The molecule has 0 radical (unpaired) electrons. The fraction of sp³-hybridized carbons (Fsp3) is 0.167. The summed E-state index contributed by atoms with van der Waals surface area (Å²) >= 11 is 6.19. The Morgan fingerprint density at radius 2 is 1.80 bits per heavy atom. The Labute approximate surface area is 180 Å². The van der Waals surface area contributed by atoms with Gasteiger partial charge in [0.1, 0.15) is 11.6 Å². The molecule has 0 saturated heterocycles. The number of H-pyrrole nitrogens is 1. The topological polar surface area (TPSA) is 67.0 Å². The first-order valence-electron chi connectivity index (χ1n) is 9.65. The first-order chi connectivity index (χ1) is 14.4. The van der Waals surface area contributed by atoms with Gasteiger partial charge < -0.3 is 15.0 Å². The summed E-state index contributed by atoms with van der Waals surface area (Å²) in [7, 11) is 0. The van der Waals surface area contributed by atoms with E-state index >= 15 is 0 Å². The normalized spacial score (nSPS) is 10.9. The van der Waals surface area contributed by atoms with Crippen molar-refractivity contribution in [3.05, 3.63) is 76.3 Å². The molecule has 0 saturated carbocycles. The van der Waals surface area contributed by atoms with Crippen LogP contribution in [0.2, 0.25) is 5.02 Å². The number of hydrogen-bond acceptors (Lipinski definition) is 3. The van der Waals surface area contributed by atoms with E-state index < -0.39 is 0 Å². The zero-order valence-corrected chi connectivity index (χ0v) is 17.8. The summed E-state index contributed by atoms with van der Waals surface area (Å²) in [5, 5.41) is 3.55. The number of amides is 1. The number of halogens is 1. The van der Waals surface area contributed by atoms with E-state index in [1.165, 1.54) is 0 Å². The highest BCUT2D eigenvalue weighted by atomic mass is 35.5. The van der Waals surface area contributed by atoms with Crippen molar-refractivity contribution in [1.82, 2.24) is 9.97 Å². The number of nitrogens with zero attached hydrogens (tertiary/aromatic N) is 1. The minimum atomic E-state index is -0.212. The molecule has 0 aliphatic rings. The molecule has 0 atom stereocenters. The van der Waals surface area contributed by atoms with E-state index in [1.54, 1.807) is 0 Å². The Kier molecular flexibility index (Phi) is 5.46. The maximum atomic E-state index is 12.2. The summed E-state index contributed by atoms with van der Waals surface area (Å²) in [6.45, 7) is 5.90. The van der Waals surface area contributed by atoms with Gasteiger partial charge in [0.05, 0.1) is 11.0 Å². The lowest BCUT2D eigenvalue weighted by Gasteiger charge is -2.10. The fourth-order valence-electron chi connectivity index (χ4n) is 3.29. The highest BCUT2D eigenvalue weighted by molar-refractivity contribution is 6.32. The highest BCUT2D eigenvalue weighted by Crippen LogP contribution is 2.26. The minimum absolute atomic E-state index is 0.0463. The second-order valence-corrected chi connectivity index (χ2v) is 7.79. The largest absolute Gasteiger partial charge is 0.483 e. The number of ether oxygens (including phenoxy) is 1. The van der Waals surface area contributed by atoms with Gasteiger partial charge in [0.15, 0.2) is 6.61 Å². The van der Waals surface area contributed by atoms with Crippen LogP contribution in [-0.2, 0) is 4.79 Å². The molecule has 5 nitrogen and oxygen atoms in total. The predicted molar refractivity (Wildman–Crippen MR) is 121 cm³/mol. The molecule has 1 amide bonds. The van der Waals surface area contributed by atoms with E-state index in [0.29, 0.717) is 16.5 Å². The Hall–Kier alpha value is -3.31. The second kappa shape index (κ2) is 8.20. The molecule has 0 aliphatic carbocycles. The van der Waals surface area contributed by atoms with Crippen molar-refractivity contribution >= 4 is 34.2 Å². The molecule has 1 aromatic heterocycles. The predicted octanol–water partition coefficient (Wildman–Crippen LogP) is 5.83. The zero-order valence-electron chi connectivity index (χ0n) is 17.0. The number of aryl methyl sites for hydroxylation is 3. The maximum Gasteiger partial charge on any atom is 0.262 e. The van der Waals surface area contributed by atoms with Gasteiger partial charge in [-0.2, -0.15) is 0 Å². The van der Waals surface area contributed by atoms with Crippen LogP contribution in [0.15, 0.2) is 54.6 Å². The molecular weight excluding hydrogens is 398 g/mol. The Bertz CT molecular complexity index is 1190. The first kappa shape index (κ1) is 20.0. The molecule has 6 heteroatoms. The third-order valence-electron chi connectivity index (χ3n) is 4.89. The van der Waals surface area contributed by atoms with Gasteiger partial charge in [0.25, 0.3) is 5.91 Å². The van der Waals surface area contributed by atoms with Crippen LogP contribution in [0.3, 0.4) is 0 Å². The number of carbonyl (C=O) groups is 1. The quantitative estimate of drug-likeness (QED) is 0.428. The number of carbonyl (C=O) groups excluding carboxylic acids is 1. The monoisotopic (exact) mass is 419 g/mol. The van der Waals surface area contributed by atoms with Gasteiger partial charge in [-0.05, 0) is 74.4 Å². The molecule has 0 fully saturated rings. The number of aromatic nitrogens is 2. The average Bonchev–Trinajstić information content (AvgIpc) is 3.11. The smallest absolute Gasteiger partial charge is 0.262 e. The van der Waals surface area contributed by atoms with E-state index in [9.17, 15) is 4.79 Å². The van der Waals surface area contributed by atoms with Gasteiger partial charge in [-0.1, -0.05) is 29.3 Å². The van der Waals surface area contributed by atoms with Gasteiger partial charge in [-0.15, -0.1) is 0 Å². The van der Waals surface area contributed by atoms with Crippen LogP contribution in [0.5, 0.6) is 5.75 Å². The highest BCUT2D eigenvalue weighted by Gasteiger charge is 2.09. The number of aromatic amines is 1. The summed E-state index contributed by atoms with van der Waals surface area (Å²) < 4.78 is 5.63. The molecule has 0 bridgehead atoms. The molecule has 2 N–H and O–H groups in total. The van der Waals surface area contributed by atoms with Gasteiger partial charge in [0, 0.05) is 16.3 Å². The second-order valence-electron chi connectivity index (χ2n) is 7.39. The molecule has 0 spiro atoms. The molecular formula is C24H22ClN3O2. The lowest BCUT2D eigenvalue weighted by molar-refractivity contribution is -0.118. The standard InChI is InChI=1S/C24H22ClN3O2/c1-14-4-9-22(16(3)10-14)30-13-23(29)26-18-7-5-17(6-8-18)24-27-20-11-15(2)19(25)12-21(20)28-24/h4-12H,13H2,1-3H3,(H,26,29)(H,27,28). The third kappa shape index (κ3) is 4.31. The summed E-state index contributed by atoms with van der Waals surface area (Å²) in [4.78, 5) is 20.1. The number of imidazole rings is 1. The first-order valence-corrected chi connectivity index (χ1v) is 10.0. The van der Waals surface area contributed by atoms with Crippen LogP contribution in [0.4, 0.5) is 5.69 Å². The number of fused-ring (bicyclic) bond motifs is 1. The Morgan fingerprint density at radius 1 is 1.03 bits per heavy atom. The van der Waals surface area contributed by atoms with Crippen LogP contribution in [0.1, 0.15) is 16.7 Å². The van der Waals surface area contributed by atoms with Crippen LogP contribution in [0.25, 0.3) is 22.4 Å². The van der Waals surface area contributed by atoms with Crippen molar-refractivity contribution in [2.24, 2.45) is 0 Å². The molecule has 0 unspecified atom stereocenters. The molecule has 4 aromatic rings. The minimum Gasteiger partial charge on any atom is -0.483 e. The van der Waals surface area contributed by atoms with E-state index in [0.717, 1.165) is 39.1 Å². The van der Waals surface area contributed by atoms with E-state index in [4.69, 9.17) is 16.3 Å². The summed E-state index contributed by atoms with van der Waals surface area (Å²) in [5.74, 6) is 1.26. The summed E-state index contributed by atoms with van der Waals surface area (Å²) in [5.41, 5.74) is 6.55. The van der Waals surface area contributed by atoms with Crippen molar-refractivity contribution in [2.75, 3.05) is 11.9 Å². The number of hydrogen-bond donors (Lipinski definition) is 2. The van der Waals surface area contributed by atoms with Crippen LogP contribution in [0, 0.1) is 20.8 Å². The van der Waals surface area contributed by atoms with Gasteiger partial charge in [0.2, 0.25) is 0 Å². The zero-order chi connectivity index (χ0) is 21.3. The lowest BCUT2D eigenvalue weighted by Crippen LogP contribution is -2.20. The SMILES string of the molecule is Cc1ccc(OCC(=O)Nc2ccc(-c3nc4cc(Cl)c(C)cc4[nH]3)cc2)c(C)c1. The summed E-state index contributed by atoms with van der Waals surface area (Å²) in [6.07, 6.45) is 0. The van der Waals surface area contributed by atoms with Crippen molar-refractivity contribution in [1.29, 1.82) is 0 Å². The Morgan fingerprint density at radius 3 is 2.53 bits per heavy atom. The Balaban J connectivity index is 1.41. The molecule has 1 heterocycles. The fourth-order valence-corrected chi connectivity index (χ4v) is 3.45. The molecule has 0 aliphatic heterocycles. The number of benzene rings is 3.